The first kappa shape index (κ1) is 17.4. The van der Waals surface area contributed by atoms with E-state index in [-0.39, 0.29) is 11.9 Å². The molecule has 0 fully saturated rings. The van der Waals surface area contributed by atoms with Gasteiger partial charge in [-0.3, -0.25) is 4.79 Å². The van der Waals surface area contributed by atoms with Crippen LogP contribution in [0.3, 0.4) is 0 Å². The maximum absolute atomic E-state index is 12.5. The molecule has 4 heteroatoms. The van der Waals surface area contributed by atoms with Gasteiger partial charge < -0.3 is 10.1 Å². The van der Waals surface area contributed by atoms with Crippen LogP contribution in [0.15, 0.2) is 48.5 Å². The average Bonchev–Trinajstić information content (AvgIpc) is 2.56. The Hall–Kier alpha value is -2.00. The van der Waals surface area contributed by atoms with Crippen LogP contribution in [0.25, 0.3) is 0 Å². The number of rotatable bonds is 6. The molecule has 2 rings (SSSR count). The van der Waals surface area contributed by atoms with Crippen LogP contribution in [0.4, 0.5) is 0 Å². The summed E-state index contributed by atoms with van der Waals surface area (Å²) in [6.45, 7) is 5.81. The minimum atomic E-state index is -0.526. The quantitative estimate of drug-likeness (QED) is 0.834. The van der Waals surface area contributed by atoms with Crippen molar-refractivity contribution < 1.29 is 9.53 Å². The summed E-state index contributed by atoms with van der Waals surface area (Å²) < 4.78 is 5.83. The Morgan fingerprint density at radius 2 is 1.91 bits per heavy atom. The van der Waals surface area contributed by atoms with E-state index in [0.717, 1.165) is 11.1 Å². The fraction of sp³-hybridized carbons (Fsp3) is 0.316. The van der Waals surface area contributed by atoms with Gasteiger partial charge in [-0.15, -0.1) is 0 Å². The van der Waals surface area contributed by atoms with Crippen molar-refractivity contribution in [1.29, 1.82) is 0 Å². The summed E-state index contributed by atoms with van der Waals surface area (Å²) in [5, 5.41) is 3.69. The molecule has 1 N–H and O–H groups in total. The van der Waals surface area contributed by atoms with E-state index in [4.69, 9.17) is 16.3 Å². The number of benzene rings is 2. The second-order valence-electron chi connectivity index (χ2n) is 5.57. The molecule has 0 saturated heterocycles. The van der Waals surface area contributed by atoms with Crippen LogP contribution >= 0.6 is 11.6 Å². The largest absolute Gasteiger partial charge is 0.481 e. The van der Waals surface area contributed by atoms with Crippen molar-refractivity contribution in [2.24, 2.45) is 0 Å². The summed E-state index contributed by atoms with van der Waals surface area (Å²) in [5.41, 5.74) is 2.00. The Morgan fingerprint density at radius 3 is 2.52 bits per heavy atom. The van der Waals surface area contributed by atoms with Crippen LogP contribution in [0, 0.1) is 6.92 Å². The van der Waals surface area contributed by atoms with Crippen molar-refractivity contribution >= 4 is 17.5 Å². The van der Waals surface area contributed by atoms with E-state index >= 15 is 0 Å². The zero-order valence-electron chi connectivity index (χ0n) is 13.7. The third-order valence-corrected chi connectivity index (χ3v) is 4.15. The molecule has 0 bridgehead atoms. The Morgan fingerprint density at radius 1 is 1.22 bits per heavy atom. The molecule has 0 aromatic heterocycles. The second kappa shape index (κ2) is 8.02. The highest BCUT2D eigenvalue weighted by molar-refractivity contribution is 6.31. The molecule has 3 nitrogen and oxygen atoms in total. The van der Waals surface area contributed by atoms with Gasteiger partial charge in [0.25, 0.3) is 5.91 Å². The van der Waals surface area contributed by atoms with Gasteiger partial charge in [-0.1, -0.05) is 48.9 Å². The summed E-state index contributed by atoms with van der Waals surface area (Å²) in [6.07, 6.45) is 0.0661. The maximum atomic E-state index is 12.5. The predicted octanol–water partition coefficient (Wildman–Crippen LogP) is 4.68. The van der Waals surface area contributed by atoms with Crippen LogP contribution in [0.2, 0.25) is 5.02 Å². The molecule has 0 unspecified atom stereocenters. The van der Waals surface area contributed by atoms with E-state index in [1.165, 1.54) is 0 Å². The van der Waals surface area contributed by atoms with E-state index in [2.05, 4.69) is 5.32 Å². The summed E-state index contributed by atoms with van der Waals surface area (Å²) in [4.78, 5) is 12.5. The average molecular weight is 332 g/mol. The molecule has 0 aliphatic carbocycles. The fourth-order valence-electron chi connectivity index (χ4n) is 2.31. The lowest BCUT2D eigenvalue weighted by Gasteiger charge is -2.21. The Balaban J connectivity index is 2.02. The molecule has 122 valence electrons. The molecule has 2 aromatic rings. The Kier molecular flexibility index (Phi) is 6.05. The van der Waals surface area contributed by atoms with Gasteiger partial charge in [0.05, 0.1) is 6.04 Å². The van der Waals surface area contributed by atoms with Crippen molar-refractivity contribution in [3.63, 3.8) is 0 Å². The third kappa shape index (κ3) is 4.73. The number of halogens is 1. The standard InChI is InChI=1S/C19H22ClNO2/c1-4-18(23-16-10-11-17(20)13(2)12-16)19(22)21-14(3)15-8-6-5-7-9-15/h5-12,14,18H,4H2,1-3H3,(H,21,22)/t14-,18+/m1/s1. The normalized spacial score (nSPS) is 13.2. The van der Waals surface area contributed by atoms with Gasteiger partial charge in [-0.2, -0.15) is 0 Å². The number of hydrogen-bond donors (Lipinski definition) is 1. The number of aryl methyl sites for hydroxylation is 1. The van der Waals surface area contributed by atoms with E-state index in [9.17, 15) is 4.79 Å². The Bertz CT molecular complexity index is 658. The summed E-state index contributed by atoms with van der Waals surface area (Å²) >= 11 is 6.02. The van der Waals surface area contributed by atoms with Crippen molar-refractivity contribution in [2.45, 2.75) is 39.3 Å². The first-order valence-electron chi connectivity index (χ1n) is 7.79. The molecule has 0 spiro atoms. The highest BCUT2D eigenvalue weighted by Gasteiger charge is 2.20. The molecule has 0 heterocycles. The van der Waals surface area contributed by atoms with Gasteiger partial charge >= 0.3 is 0 Å². The number of carbonyl (C=O) groups excluding carboxylic acids is 1. The molecule has 0 aliphatic rings. The number of amides is 1. The van der Waals surface area contributed by atoms with E-state index in [1.54, 1.807) is 12.1 Å². The molecule has 23 heavy (non-hydrogen) atoms. The lowest BCUT2D eigenvalue weighted by atomic mass is 10.1. The first-order valence-corrected chi connectivity index (χ1v) is 8.17. The summed E-state index contributed by atoms with van der Waals surface area (Å²) in [6, 6.07) is 15.2. The van der Waals surface area contributed by atoms with Crippen LogP contribution in [-0.4, -0.2) is 12.0 Å². The molecule has 0 aliphatic heterocycles. The first-order chi connectivity index (χ1) is 11.0. The molecular formula is C19H22ClNO2. The van der Waals surface area contributed by atoms with Gasteiger partial charge in [0.2, 0.25) is 0 Å². The van der Waals surface area contributed by atoms with E-state index in [0.29, 0.717) is 17.2 Å². The zero-order chi connectivity index (χ0) is 16.8. The van der Waals surface area contributed by atoms with Crippen molar-refractivity contribution in [1.82, 2.24) is 5.32 Å². The van der Waals surface area contributed by atoms with E-state index in [1.807, 2.05) is 57.2 Å². The number of nitrogens with one attached hydrogen (secondary N) is 1. The lowest BCUT2D eigenvalue weighted by Crippen LogP contribution is -2.39. The van der Waals surface area contributed by atoms with Crippen LogP contribution in [-0.2, 0) is 4.79 Å². The summed E-state index contributed by atoms with van der Waals surface area (Å²) in [7, 11) is 0. The molecule has 2 atom stereocenters. The fourth-order valence-corrected chi connectivity index (χ4v) is 2.43. The van der Waals surface area contributed by atoms with Crippen molar-refractivity contribution in [3.8, 4) is 5.75 Å². The monoisotopic (exact) mass is 331 g/mol. The number of carbonyl (C=O) groups is 1. The van der Waals surface area contributed by atoms with Gasteiger partial charge in [0.1, 0.15) is 5.75 Å². The molecule has 0 radical (unpaired) electrons. The molecule has 0 saturated carbocycles. The van der Waals surface area contributed by atoms with E-state index < -0.39 is 6.10 Å². The summed E-state index contributed by atoms with van der Waals surface area (Å²) in [5.74, 6) is 0.540. The maximum Gasteiger partial charge on any atom is 0.261 e. The van der Waals surface area contributed by atoms with Crippen LogP contribution < -0.4 is 10.1 Å². The third-order valence-electron chi connectivity index (χ3n) is 3.73. The van der Waals surface area contributed by atoms with Gasteiger partial charge in [-0.05, 0) is 49.6 Å². The predicted molar refractivity (Wildman–Crippen MR) is 93.9 cm³/mol. The van der Waals surface area contributed by atoms with Gasteiger partial charge in [0, 0.05) is 5.02 Å². The zero-order valence-corrected chi connectivity index (χ0v) is 14.4. The smallest absolute Gasteiger partial charge is 0.261 e. The van der Waals surface area contributed by atoms with Crippen LogP contribution in [0.5, 0.6) is 5.75 Å². The Labute approximate surface area is 142 Å². The minimum absolute atomic E-state index is 0.0618. The van der Waals surface area contributed by atoms with Crippen molar-refractivity contribution in [3.05, 3.63) is 64.7 Å². The topological polar surface area (TPSA) is 38.3 Å². The molecule has 2 aromatic carbocycles. The van der Waals surface area contributed by atoms with Gasteiger partial charge in [0.15, 0.2) is 6.10 Å². The SMILES string of the molecule is CC[C@H](Oc1ccc(Cl)c(C)c1)C(=O)N[C@H](C)c1ccccc1. The number of hydrogen-bond acceptors (Lipinski definition) is 2. The van der Waals surface area contributed by atoms with Crippen molar-refractivity contribution in [2.75, 3.05) is 0 Å². The second-order valence-corrected chi connectivity index (χ2v) is 5.97. The molecule has 1 amide bonds. The van der Waals surface area contributed by atoms with Gasteiger partial charge in [-0.25, -0.2) is 0 Å². The van der Waals surface area contributed by atoms with Crippen LogP contribution in [0.1, 0.15) is 37.4 Å². The lowest BCUT2D eigenvalue weighted by molar-refractivity contribution is -0.128. The highest BCUT2D eigenvalue weighted by atomic mass is 35.5. The molecular weight excluding hydrogens is 310 g/mol. The highest BCUT2D eigenvalue weighted by Crippen LogP contribution is 2.22. The number of ether oxygens (including phenoxy) is 1. The minimum Gasteiger partial charge on any atom is -0.481 e.